The van der Waals surface area contributed by atoms with E-state index in [2.05, 4.69) is 15.3 Å². The number of anilines is 1. The van der Waals surface area contributed by atoms with E-state index in [-0.39, 0.29) is 5.91 Å². The van der Waals surface area contributed by atoms with E-state index >= 15 is 0 Å². The molecule has 19 heavy (non-hydrogen) atoms. The average Bonchev–Trinajstić information content (AvgIpc) is 3.13. The van der Waals surface area contributed by atoms with Crippen LogP contribution in [-0.2, 0) is 0 Å². The van der Waals surface area contributed by atoms with Crippen molar-refractivity contribution in [3.05, 3.63) is 53.4 Å². The molecule has 2 aromatic heterocycles. The van der Waals surface area contributed by atoms with Crippen LogP contribution in [0.4, 0.5) is 5.69 Å². The van der Waals surface area contributed by atoms with Gasteiger partial charge in [-0.3, -0.25) is 4.79 Å². The Hall–Kier alpha value is -2.47. The van der Waals surface area contributed by atoms with E-state index in [9.17, 15) is 4.79 Å². The number of aromatic nitrogens is 2. The zero-order valence-electron chi connectivity index (χ0n) is 9.74. The largest absolute Gasteiger partial charge is 0.444 e. The second kappa shape index (κ2) is 5.03. The lowest BCUT2D eigenvalue weighted by atomic mass is 10.1. The van der Waals surface area contributed by atoms with E-state index in [1.165, 1.54) is 17.7 Å². The molecular weight excluding hydrogens is 262 g/mol. The molecule has 3 aromatic rings. The molecular formula is C13H9N3O2S. The van der Waals surface area contributed by atoms with Gasteiger partial charge >= 0.3 is 0 Å². The number of rotatable bonds is 3. The second-order valence-electron chi connectivity index (χ2n) is 3.77. The fraction of sp³-hybridized carbons (Fsp3) is 0. The summed E-state index contributed by atoms with van der Waals surface area (Å²) in [6, 6.07) is 7.33. The zero-order chi connectivity index (χ0) is 13.1. The number of thiazole rings is 1. The molecule has 1 aromatic carbocycles. The van der Waals surface area contributed by atoms with Crippen LogP contribution in [0.2, 0.25) is 0 Å². The van der Waals surface area contributed by atoms with Crippen molar-refractivity contribution >= 4 is 22.9 Å². The summed E-state index contributed by atoms with van der Waals surface area (Å²) in [4.78, 5) is 19.6. The summed E-state index contributed by atoms with van der Waals surface area (Å²) < 4.78 is 5.19. The minimum atomic E-state index is -0.214. The fourth-order valence-electron chi connectivity index (χ4n) is 1.60. The molecule has 0 saturated heterocycles. The predicted octanol–water partition coefficient (Wildman–Crippen LogP) is 3.05. The highest BCUT2D eigenvalue weighted by Gasteiger charge is 2.08. The van der Waals surface area contributed by atoms with Crippen molar-refractivity contribution in [1.82, 2.24) is 9.97 Å². The Morgan fingerprint density at radius 3 is 2.74 bits per heavy atom. The molecule has 6 heteroatoms. The molecule has 0 aliphatic carbocycles. The number of benzene rings is 1. The summed E-state index contributed by atoms with van der Waals surface area (Å²) in [5, 5.41) is 4.48. The highest BCUT2D eigenvalue weighted by molar-refractivity contribution is 7.07. The minimum Gasteiger partial charge on any atom is -0.444 e. The molecule has 0 bridgehead atoms. The molecule has 1 amide bonds. The summed E-state index contributed by atoms with van der Waals surface area (Å²) in [6.07, 6.45) is 3.02. The highest BCUT2D eigenvalue weighted by Crippen LogP contribution is 2.21. The van der Waals surface area contributed by atoms with Crippen molar-refractivity contribution in [1.29, 1.82) is 0 Å². The molecule has 1 N–H and O–H groups in total. The number of amides is 1. The number of nitrogens with one attached hydrogen (secondary N) is 1. The molecule has 0 fully saturated rings. The first-order valence-electron chi connectivity index (χ1n) is 5.51. The number of carbonyl (C=O) groups excluding carboxylic acids is 1. The van der Waals surface area contributed by atoms with Gasteiger partial charge in [-0.05, 0) is 24.3 Å². The summed E-state index contributed by atoms with van der Waals surface area (Å²) in [5.74, 6) is 0.478. The number of carbonyl (C=O) groups is 1. The molecule has 5 nitrogen and oxygen atoms in total. The predicted molar refractivity (Wildman–Crippen MR) is 72.0 cm³/mol. The summed E-state index contributed by atoms with van der Waals surface area (Å²) in [6.45, 7) is 0. The molecule has 0 aliphatic heterocycles. The van der Waals surface area contributed by atoms with E-state index < -0.39 is 0 Å². The van der Waals surface area contributed by atoms with E-state index in [0.29, 0.717) is 17.1 Å². The Kier molecular flexibility index (Phi) is 3.07. The van der Waals surface area contributed by atoms with Crippen molar-refractivity contribution in [2.75, 3.05) is 5.32 Å². The van der Waals surface area contributed by atoms with Crippen LogP contribution in [0.3, 0.4) is 0 Å². The van der Waals surface area contributed by atoms with Gasteiger partial charge < -0.3 is 9.73 Å². The van der Waals surface area contributed by atoms with E-state index in [4.69, 9.17) is 4.42 Å². The van der Waals surface area contributed by atoms with Crippen LogP contribution in [-0.4, -0.2) is 15.9 Å². The molecule has 0 atom stereocenters. The highest BCUT2D eigenvalue weighted by atomic mass is 32.1. The van der Waals surface area contributed by atoms with E-state index in [1.54, 1.807) is 17.1 Å². The average molecular weight is 271 g/mol. The van der Waals surface area contributed by atoms with Crippen LogP contribution in [0.5, 0.6) is 0 Å². The first kappa shape index (κ1) is 11.6. The Balaban J connectivity index is 1.75. The minimum absolute atomic E-state index is 0.214. The van der Waals surface area contributed by atoms with Crippen molar-refractivity contribution in [3.8, 4) is 11.3 Å². The lowest BCUT2D eigenvalue weighted by Gasteiger charge is -2.03. The molecule has 0 spiro atoms. The standard InChI is InChI=1S/C13H9N3O2S/c17-13(11-6-19-8-15-11)16-10-3-1-9(2-4-10)12-5-14-7-18-12/h1-8H,(H,16,17). The molecule has 0 unspecified atom stereocenters. The normalized spacial score (nSPS) is 10.3. The lowest BCUT2D eigenvalue weighted by Crippen LogP contribution is -2.11. The Morgan fingerprint density at radius 2 is 2.11 bits per heavy atom. The van der Waals surface area contributed by atoms with Crippen molar-refractivity contribution in [2.24, 2.45) is 0 Å². The maximum Gasteiger partial charge on any atom is 0.275 e. The quantitative estimate of drug-likeness (QED) is 0.795. The molecule has 3 rings (SSSR count). The van der Waals surface area contributed by atoms with Crippen LogP contribution < -0.4 is 5.32 Å². The summed E-state index contributed by atoms with van der Waals surface area (Å²) >= 11 is 1.39. The van der Waals surface area contributed by atoms with Gasteiger partial charge in [0, 0.05) is 16.6 Å². The van der Waals surface area contributed by atoms with Gasteiger partial charge in [-0.1, -0.05) is 0 Å². The fourth-order valence-corrected chi connectivity index (χ4v) is 2.13. The van der Waals surface area contributed by atoms with Crippen molar-refractivity contribution < 1.29 is 9.21 Å². The number of nitrogens with zero attached hydrogens (tertiary/aromatic N) is 2. The lowest BCUT2D eigenvalue weighted by molar-refractivity contribution is 0.102. The first-order valence-corrected chi connectivity index (χ1v) is 6.46. The summed E-state index contributed by atoms with van der Waals surface area (Å²) in [7, 11) is 0. The molecule has 0 aliphatic rings. The van der Waals surface area contributed by atoms with Gasteiger partial charge in [-0.15, -0.1) is 11.3 Å². The Bertz CT molecular complexity index is 661. The van der Waals surface area contributed by atoms with Gasteiger partial charge in [0.25, 0.3) is 5.91 Å². The third-order valence-electron chi connectivity index (χ3n) is 2.52. The number of hydrogen-bond acceptors (Lipinski definition) is 5. The molecule has 2 heterocycles. The Morgan fingerprint density at radius 1 is 1.26 bits per heavy atom. The van der Waals surface area contributed by atoms with Crippen LogP contribution in [0.1, 0.15) is 10.5 Å². The molecule has 0 saturated carbocycles. The number of hydrogen-bond donors (Lipinski definition) is 1. The van der Waals surface area contributed by atoms with Gasteiger partial charge in [0.15, 0.2) is 12.2 Å². The maximum absolute atomic E-state index is 11.8. The van der Waals surface area contributed by atoms with E-state index in [0.717, 1.165) is 5.56 Å². The first-order chi connectivity index (χ1) is 9.33. The van der Waals surface area contributed by atoms with Crippen LogP contribution in [0.15, 0.2) is 52.2 Å². The maximum atomic E-state index is 11.8. The van der Waals surface area contributed by atoms with Crippen LogP contribution in [0, 0.1) is 0 Å². The third kappa shape index (κ3) is 2.53. The topological polar surface area (TPSA) is 68.0 Å². The number of oxazole rings is 1. The molecule has 0 radical (unpaired) electrons. The van der Waals surface area contributed by atoms with Crippen molar-refractivity contribution in [2.45, 2.75) is 0 Å². The summed E-state index contributed by atoms with van der Waals surface area (Å²) in [5.41, 5.74) is 3.66. The van der Waals surface area contributed by atoms with Gasteiger partial charge in [-0.25, -0.2) is 9.97 Å². The molecule has 94 valence electrons. The van der Waals surface area contributed by atoms with Gasteiger partial charge in [-0.2, -0.15) is 0 Å². The van der Waals surface area contributed by atoms with Gasteiger partial charge in [0.1, 0.15) is 5.69 Å². The monoisotopic (exact) mass is 271 g/mol. The van der Waals surface area contributed by atoms with Gasteiger partial charge in [0.2, 0.25) is 0 Å². The van der Waals surface area contributed by atoms with E-state index in [1.807, 2.05) is 24.3 Å². The zero-order valence-corrected chi connectivity index (χ0v) is 10.6. The Labute approximate surface area is 112 Å². The van der Waals surface area contributed by atoms with Gasteiger partial charge in [0.05, 0.1) is 11.7 Å². The smallest absolute Gasteiger partial charge is 0.275 e. The SMILES string of the molecule is O=C(Nc1ccc(-c2cnco2)cc1)c1cscn1. The van der Waals surface area contributed by atoms with Crippen LogP contribution in [0.25, 0.3) is 11.3 Å². The van der Waals surface area contributed by atoms with Crippen LogP contribution >= 0.6 is 11.3 Å². The second-order valence-corrected chi connectivity index (χ2v) is 4.49. The third-order valence-corrected chi connectivity index (χ3v) is 3.11. The van der Waals surface area contributed by atoms with Crippen molar-refractivity contribution in [3.63, 3.8) is 0 Å².